The fourth-order valence-electron chi connectivity index (χ4n) is 3.46. The third-order valence-electron chi connectivity index (χ3n) is 4.68. The van der Waals surface area contributed by atoms with Gasteiger partial charge in [-0.15, -0.1) is 0 Å². The zero-order valence-electron chi connectivity index (χ0n) is 14.5. The Bertz CT molecular complexity index is 782. The first-order chi connectivity index (χ1) is 11.4. The Morgan fingerprint density at radius 1 is 1.21 bits per heavy atom. The van der Waals surface area contributed by atoms with Gasteiger partial charge in [-0.1, -0.05) is 5.16 Å². The van der Waals surface area contributed by atoms with Crippen molar-refractivity contribution in [3.63, 3.8) is 0 Å². The Hall–Kier alpha value is -2.44. The highest BCUT2D eigenvalue weighted by Crippen LogP contribution is 2.28. The van der Waals surface area contributed by atoms with Gasteiger partial charge in [-0.3, -0.25) is 9.59 Å². The number of piperidine rings is 1. The maximum atomic E-state index is 12.8. The fourth-order valence-corrected chi connectivity index (χ4v) is 3.46. The van der Waals surface area contributed by atoms with Gasteiger partial charge in [-0.2, -0.15) is 4.98 Å². The number of amides is 1. The molecule has 3 rings (SSSR count). The molecule has 3 heterocycles. The molecule has 0 unspecified atom stereocenters. The Labute approximate surface area is 140 Å². The lowest BCUT2D eigenvalue weighted by molar-refractivity contribution is 0.0698. The van der Waals surface area contributed by atoms with Crippen molar-refractivity contribution in [3.8, 4) is 0 Å². The topological polar surface area (TPSA) is 92.1 Å². The second-order valence-electron chi connectivity index (χ2n) is 6.43. The molecule has 7 nitrogen and oxygen atoms in total. The molecular weight excluding hydrogens is 308 g/mol. The van der Waals surface area contributed by atoms with Gasteiger partial charge in [-0.25, -0.2) is 0 Å². The maximum Gasteiger partial charge on any atom is 0.270 e. The first-order valence-electron chi connectivity index (χ1n) is 8.18. The van der Waals surface area contributed by atoms with E-state index >= 15 is 0 Å². The monoisotopic (exact) mass is 330 g/mol. The van der Waals surface area contributed by atoms with Crippen molar-refractivity contribution in [1.82, 2.24) is 20.0 Å². The lowest BCUT2D eigenvalue weighted by Crippen LogP contribution is -2.38. The fraction of sp³-hybridized carbons (Fsp3) is 0.529. The first kappa shape index (κ1) is 16.4. The SMILES string of the molecule is CC(=O)c1c(C)[nH]c(C(=O)N2CCC(c3nc(C)no3)CC2)c1C. The third kappa shape index (κ3) is 2.86. The molecule has 0 spiro atoms. The number of nitrogens with one attached hydrogen (secondary N) is 1. The van der Waals surface area contributed by atoms with E-state index in [4.69, 9.17) is 4.52 Å². The molecule has 128 valence electrons. The number of aromatic nitrogens is 3. The third-order valence-corrected chi connectivity index (χ3v) is 4.68. The molecule has 2 aromatic rings. The summed E-state index contributed by atoms with van der Waals surface area (Å²) in [5.41, 5.74) is 2.62. The number of ketones is 1. The summed E-state index contributed by atoms with van der Waals surface area (Å²) in [6, 6.07) is 0. The van der Waals surface area contributed by atoms with Crippen LogP contribution < -0.4 is 0 Å². The van der Waals surface area contributed by atoms with Crippen molar-refractivity contribution >= 4 is 11.7 Å². The number of hydrogen-bond donors (Lipinski definition) is 1. The number of aromatic amines is 1. The molecule has 0 bridgehead atoms. The van der Waals surface area contributed by atoms with Gasteiger partial charge in [0.15, 0.2) is 11.6 Å². The van der Waals surface area contributed by atoms with Gasteiger partial charge in [0.05, 0.1) is 0 Å². The lowest BCUT2D eigenvalue weighted by atomic mass is 9.96. The minimum atomic E-state index is -0.0525. The highest BCUT2D eigenvalue weighted by molar-refractivity contribution is 6.02. The highest BCUT2D eigenvalue weighted by Gasteiger charge is 2.30. The number of Topliss-reactive ketones (excluding diaryl/α,β-unsaturated/α-hetero) is 1. The molecular formula is C17H22N4O3. The smallest absolute Gasteiger partial charge is 0.270 e. The number of carbonyl (C=O) groups excluding carboxylic acids is 2. The number of nitrogens with zero attached hydrogens (tertiary/aromatic N) is 3. The summed E-state index contributed by atoms with van der Waals surface area (Å²) < 4.78 is 5.24. The molecule has 0 aliphatic carbocycles. The van der Waals surface area contributed by atoms with Crippen LogP contribution in [0.2, 0.25) is 0 Å². The number of aryl methyl sites for hydroxylation is 2. The summed E-state index contributed by atoms with van der Waals surface area (Å²) >= 11 is 0. The van der Waals surface area contributed by atoms with Crippen LogP contribution in [0.4, 0.5) is 0 Å². The summed E-state index contributed by atoms with van der Waals surface area (Å²) in [6.45, 7) is 8.24. The van der Waals surface area contributed by atoms with Crippen LogP contribution in [-0.4, -0.2) is 44.8 Å². The number of hydrogen-bond acceptors (Lipinski definition) is 5. The average molecular weight is 330 g/mol. The minimum Gasteiger partial charge on any atom is -0.354 e. The van der Waals surface area contributed by atoms with Crippen LogP contribution in [0.3, 0.4) is 0 Å². The number of H-pyrrole nitrogens is 1. The molecule has 1 amide bonds. The van der Waals surface area contributed by atoms with Gasteiger partial charge < -0.3 is 14.4 Å². The predicted molar refractivity (Wildman–Crippen MR) is 87.2 cm³/mol. The molecule has 24 heavy (non-hydrogen) atoms. The van der Waals surface area contributed by atoms with Gasteiger partial charge in [0.25, 0.3) is 5.91 Å². The average Bonchev–Trinajstić information content (AvgIpc) is 3.10. The van der Waals surface area contributed by atoms with Gasteiger partial charge in [0.1, 0.15) is 5.69 Å². The summed E-state index contributed by atoms with van der Waals surface area (Å²) in [5, 5.41) is 3.83. The van der Waals surface area contributed by atoms with Gasteiger partial charge in [0.2, 0.25) is 5.89 Å². The molecule has 0 aromatic carbocycles. The molecule has 1 fully saturated rings. The first-order valence-corrected chi connectivity index (χ1v) is 8.18. The zero-order valence-corrected chi connectivity index (χ0v) is 14.5. The molecule has 7 heteroatoms. The van der Waals surface area contributed by atoms with Gasteiger partial charge in [-0.05, 0) is 46.1 Å². The van der Waals surface area contributed by atoms with E-state index in [-0.39, 0.29) is 17.6 Å². The molecule has 0 saturated carbocycles. The zero-order chi connectivity index (χ0) is 17.4. The van der Waals surface area contributed by atoms with Crippen LogP contribution in [0.15, 0.2) is 4.52 Å². The van der Waals surface area contributed by atoms with Crippen LogP contribution in [-0.2, 0) is 0 Å². The highest BCUT2D eigenvalue weighted by atomic mass is 16.5. The number of carbonyl (C=O) groups is 2. The molecule has 1 N–H and O–H groups in total. The molecule has 0 radical (unpaired) electrons. The lowest BCUT2D eigenvalue weighted by Gasteiger charge is -2.30. The standard InChI is InChI=1S/C17H22N4O3/c1-9-14(11(3)22)10(2)18-15(9)17(23)21-7-5-13(6-8-21)16-19-12(4)20-24-16/h13,18H,5-8H2,1-4H3. The largest absolute Gasteiger partial charge is 0.354 e. The van der Waals surface area contributed by atoms with Gasteiger partial charge >= 0.3 is 0 Å². The van der Waals surface area contributed by atoms with E-state index < -0.39 is 0 Å². The molecule has 2 aromatic heterocycles. The Morgan fingerprint density at radius 3 is 2.38 bits per heavy atom. The van der Waals surface area contributed by atoms with E-state index in [1.54, 1.807) is 6.92 Å². The molecule has 1 aliphatic rings. The Kier molecular flexibility index (Phi) is 4.26. The maximum absolute atomic E-state index is 12.8. The molecule has 0 atom stereocenters. The van der Waals surface area contributed by atoms with Gasteiger partial charge in [0, 0.05) is 30.3 Å². The summed E-state index contributed by atoms with van der Waals surface area (Å²) in [4.78, 5) is 33.7. The molecule has 1 aliphatic heterocycles. The Balaban J connectivity index is 1.72. The van der Waals surface area contributed by atoms with E-state index in [1.807, 2.05) is 18.7 Å². The van der Waals surface area contributed by atoms with Crippen LogP contribution in [0.25, 0.3) is 0 Å². The van der Waals surface area contributed by atoms with E-state index in [1.165, 1.54) is 6.92 Å². The van der Waals surface area contributed by atoms with Crippen molar-refractivity contribution < 1.29 is 14.1 Å². The van der Waals surface area contributed by atoms with E-state index in [2.05, 4.69) is 15.1 Å². The van der Waals surface area contributed by atoms with Crippen molar-refractivity contribution in [2.24, 2.45) is 0 Å². The summed E-state index contributed by atoms with van der Waals surface area (Å²) in [5.74, 6) is 1.42. The number of rotatable bonds is 3. The van der Waals surface area contributed by atoms with Crippen molar-refractivity contribution in [2.45, 2.75) is 46.5 Å². The minimum absolute atomic E-state index is 0.0224. The second kappa shape index (κ2) is 6.22. The van der Waals surface area contributed by atoms with Crippen LogP contribution in [0, 0.1) is 20.8 Å². The van der Waals surface area contributed by atoms with Crippen LogP contribution >= 0.6 is 0 Å². The van der Waals surface area contributed by atoms with E-state index in [0.717, 1.165) is 24.1 Å². The normalized spacial score (nSPS) is 15.8. The van der Waals surface area contributed by atoms with Crippen molar-refractivity contribution in [2.75, 3.05) is 13.1 Å². The predicted octanol–water partition coefficient (Wildman–Crippen LogP) is 2.55. The summed E-state index contributed by atoms with van der Waals surface area (Å²) in [6.07, 6.45) is 1.59. The van der Waals surface area contributed by atoms with E-state index in [9.17, 15) is 9.59 Å². The second-order valence-corrected chi connectivity index (χ2v) is 6.43. The molecule has 1 saturated heterocycles. The Morgan fingerprint density at radius 2 is 1.88 bits per heavy atom. The van der Waals surface area contributed by atoms with Crippen molar-refractivity contribution in [3.05, 3.63) is 34.2 Å². The number of likely N-dealkylation sites (tertiary alicyclic amines) is 1. The van der Waals surface area contributed by atoms with Crippen LogP contribution in [0.5, 0.6) is 0 Å². The quantitative estimate of drug-likeness (QED) is 0.873. The van der Waals surface area contributed by atoms with E-state index in [0.29, 0.717) is 36.1 Å². The van der Waals surface area contributed by atoms with Crippen molar-refractivity contribution in [1.29, 1.82) is 0 Å². The summed E-state index contributed by atoms with van der Waals surface area (Å²) in [7, 11) is 0. The van der Waals surface area contributed by atoms with Crippen LogP contribution in [0.1, 0.15) is 69.5 Å².